The molecule has 0 unspecified atom stereocenters. The summed E-state index contributed by atoms with van der Waals surface area (Å²) in [7, 11) is 0. The van der Waals surface area contributed by atoms with Crippen molar-refractivity contribution in [3.63, 3.8) is 0 Å². The molecule has 3 aromatic rings. The predicted octanol–water partition coefficient (Wildman–Crippen LogP) is 5.13. The fourth-order valence-electron chi connectivity index (χ4n) is 2.33. The minimum absolute atomic E-state index is 0.275. The second-order valence-electron chi connectivity index (χ2n) is 5.48. The first-order valence-electron chi connectivity index (χ1n) is 8.17. The number of aromatic nitrogens is 1. The first kappa shape index (κ1) is 17.8. The van der Waals surface area contributed by atoms with Crippen LogP contribution in [0.15, 0.2) is 66.9 Å². The van der Waals surface area contributed by atoms with E-state index in [0.717, 1.165) is 17.1 Å². The Kier molecular flexibility index (Phi) is 5.71. The maximum absolute atomic E-state index is 12.3. The Morgan fingerprint density at radius 2 is 1.81 bits per heavy atom. The molecule has 0 fully saturated rings. The van der Waals surface area contributed by atoms with Crippen LogP contribution in [0.2, 0.25) is 5.02 Å². The van der Waals surface area contributed by atoms with Crippen molar-refractivity contribution in [1.29, 1.82) is 0 Å². The first-order valence-corrected chi connectivity index (χ1v) is 8.54. The van der Waals surface area contributed by atoms with Gasteiger partial charge in [-0.1, -0.05) is 17.7 Å². The minimum atomic E-state index is -0.275. The van der Waals surface area contributed by atoms with E-state index in [1.165, 1.54) is 0 Å². The maximum Gasteiger partial charge on any atom is 0.274 e. The second kappa shape index (κ2) is 8.36. The van der Waals surface area contributed by atoms with Crippen LogP contribution in [0.1, 0.15) is 17.4 Å². The van der Waals surface area contributed by atoms with Gasteiger partial charge in [0.2, 0.25) is 0 Å². The van der Waals surface area contributed by atoms with Crippen molar-refractivity contribution in [2.45, 2.75) is 6.92 Å². The number of nitrogens with one attached hydrogen (secondary N) is 2. The zero-order valence-electron chi connectivity index (χ0n) is 14.2. The third-order valence-electron chi connectivity index (χ3n) is 3.53. The molecule has 0 aliphatic heterocycles. The van der Waals surface area contributed by atoms with Crippen LogP contribution >= 0.6 is 11.6 Å². The molecule has 6 heteroatoms. The van der Waals surface area contributed by atoms with E-state index in [1.54, 1.807) is 36.5 Å². The molecule has 2 aromatic carbocycles. The lowest BCUT2D eigenvalue weighted by atomic mass is 10.2. The zero-order valence-corrected chi connectivity index (χ0v) is 15.0. The molecule has 3 rings (SSSR count). The van der Waals surface area contributed by atoms with E-state index in [1.807, 2.05) is 37.3 Å². The third kappa shape index (κ3) is 4.74. The number of benzene rings is 2. The van der Waals surface area contributed by atoms with Crippen molar-refractivity contribution in [2.24, 2.45) is 0 Å². The molecule has 0 saturated carbocycles. The Hall–Kier alpha value is -3.05. The van der Waals surface area contributed by atoms with Crippen LogP contribution in [-0.2, 0) is 0 Å². The quantitative estimate of drug-likeness (QED) is 0.634. The standard InChI is InChI=1S/C20H18ClN3O2/c1-2-26-18-9-6-15(7-10-18)24-20(25)19-11-8-17(13-22-19)23-16-5-3-4-14(21)12-16/h3-13,23H,2H2,1H3,(H,24,25). The van der Waals surface area contributed by atoms with Crippen molar-refractivity contribution >= 4 is 34.6 Å². The molecule has 132 valence electrons. The highest BCUT2D eigenvalue weighted by atomic mass is 35.5. The van der Waals surface area contributed by atoms with Crippen LogP contribution in [-0.4, -0.2) is 17.5 Å². The van der Waals surface area contributed by atoms with Crippen molar-refractivity contribution in [3.05, 3.63) is 77.6 Å². The van der Waals surface area contributed by atoms with E-state index < -0.39 is 0 Å². The van der Waals surface area contributed by atoms with Crippen LogP contribution in [0.3, 0.4) is 0 Å². The monoisotopic (exact) mass is 367 g/mol. The molecule has 2 N–H and O–H groups in total. The summed E-state index contributed by atoms with van der Waals surface area (Å²) in [5.41, 5.74) is 2.63. The van der Waals surface area contributed by atoms with E-state index in [2.05, 4.69) is 15.6 Å². The number of hydrogen-bond donors (Lipinski definition) is 2. The molecule has 0 aliphatic carbocycles. The topological polar surface area (TPSA) is 63.2 Å². The van der Waals surface area contributed by atoms with E-state index in [4.69, 9.17) is 16.3 Å². The van der Waals surface area contributed by atoms with Crippen molar-refractivity contribution in [3.8, 4) is 5.75 Å². The van der Waals surface area contributed by atoms with Gasteiger partial charge in [-0.25, -0.2) is 4.98 Å². The lowest BCUT2D eigenvalue weighted by Gasteiger charge is -2.08. The normalized spacial score (nSPS) is 10.2. The fraction of sp³-hybridized carbons (Fsp3) is 0.100. The molecule has 1 aromatic heterocycles. The second-order valence-corrected chi connectivity index (χ2v) is 5.92. The summed E-state index contributed by atoms with van der Waals surface area (Å²) >= 11 is 5.97. The Morgan fingerprint density at radius 3 is 2.46 bits per heavy atom. The molecule has 0 aliphatic rings. The van der Waals surface area contributed by atoms with Crippen LogP contribution in [0.4, 0.5) is 17.1 Å². The van der Waals surface area contributed by atoms with Gasteiger partial charge in [0, 0.05) is 16.4 Å². The number of rotatable bonds is 6. The van der Waals surface area contributed by atoms with Crippen LogP contribution < -0.4 is 15.4 Å². The summed E-state index contributed by atoms with van der Waals surface area (Å²) in [5.74, 6) is 0.489. The highest BCUT2D eigenvalue weighted by Gasteiger charge is 2.08. The average molecular weight is 368 g/mol. The summed E-state index contributed by atoms with van der Waals surface area (Å²) in [6, 6.07) is 18.0. The first-order chi connectivity index (χ1) is 12.6. The molecule has 1 heterocycles. The van der Waals surface area contributed by atoms with Gasteiger partial charge in [-0.05, 0) is 61.5 Å². The number of carbonyl (C=O) groups excluding carboxylic acids is 1. The summed E-state index contributed by atoms with van der Waals surface area (Å²) in [6.07, 6.45) is 1.61. The highest BCUT2D eigenvalue weighted by Crippen LogP contribution is 2.20. The summed E-state index contributed by atoms with van der Waals surface area (Å²) < 4.78 is 5.38. The molecule has 0 atom stereocenters. The maximum atomic E-state index is 12.3. The number of hydrogen-bond acceptors (Lipinski definition) is 4. The number of carbonyl (C=O) groups is 1. The van der Waals surface area contributed by atoms with Gasteiger partial charge >= 0.3 is 0 Å². The molecule has 0 bridgehead atoms. The number of amides is 1. The largest absolute Gasteiger partial charge is 0.494 e. The lowest BCUT2D eigenvalue weighted by molar-refractivity contribution is 0.102. The van der Waals surface area contributed by atoms with Crippen LogP contribution in [0.25, 0.3) is 0 Å². The third-order valence-corrected chi connectivity index (χ3v) is 3.77. The molecule has 0 radical (unpaired) electrons. The van der Waals surface area contributed by atoms with E-state index in [0.29, 0.717) is 23.0 Å². The van der Waals surface area contributed by atoms with E-state index in [9.17, 15) is 4.79 Å². The Bertz CT molecular complexity index is 880. The van der Waals surface area contributed by atoms with Gasteiger partial charge in [0.05, 0.1) is 18.5 Å². The predicted molar refractivity (Wildman–Crippen MR) is 105 cm³/mol. The van der Waals surface area contributed by atoms with Gasteiger partial charge < -0.3 is 15.4 Å². The lowest BCUT2D eigenvalue weighted by Crippen LogP contribution is -2.13. The van der Waals surface area contributed by atoms with Gasteiger partial charge in [0.1, 0.15) is 11.4 Å². The number of halogens is 1. The number of ether oxygens (including phenoxy) is 1. The molecular formula is C20H18ClN3O2. The zero-order chi connectivity index (χ0) is 18.4. The molecule has 0 saturated heterocycles. The molecule has 1 amide bonds. The van der Waals surface area contributed by atoms with Gasteiger partial charge in [0.15, 0.2) is 0 Å². The van der Waals surface area contributed by atoms with Crippen molar-refractivity contribution < 1.29 is 9.53 Å². The van der Waals surface area contributed by atoms with Gasteiger partial charge in [-0.3, -0.25) is 4.79 Å². The number of pyridine rings is 1. The fourth-order valence-corrected chi connectivity index (χ4v) is 2.52. The molecular weight excluding hydrogens is 350 g/mol. The van der Waals surface area contributed by atoms with Gasteiger partial charge in [0.25, 0.3) is 5.91 Å². The summed E-state index contributed by atoms with van der Waals surface area (Å²) in [4.78, 5) is 16.5. The summed E-state index contributed by atoms with van der Waals surface area (Å²) in [5, 5.41) is 6.64. The van der Waals surface area contributed by atoms with E-state index in [-0.39, 0.29) is 5.91 Å². The van der Waals surface area contributed by atoms with E-state index >= 15 is 0 Å². The number of nitrogens with zero attached hydrogens (tertiary/aromatic N) is 1. The Labute approximate surface area is 157 Å². The smallest absolute Gasteiger partial charge is 0.274 e. The van der Waals surface area contributed by atoms with Crippen molar-refractivity contribution in [1.82, 2.24) is 4.98 Å². The Morgan fingerprint density at radius 1 is 1.04 bits per heavy atom. The van der Waals surface area contributed by atoms with Crippen LogP contribution in [0.5, 0.6) is 5.75 Å². The van der Waals surface area contributed by atoms with Crippen LogP contribution in [0, 0.1) is 0 Å². The van der Waals surface area contributed by atoms with Crippen molar-refractivity contribution in [2.75, 3.05) is 17.2 Å². The van der Waals surface area contributed by atoms with Gasteiger partial charge in [-0.15, -0.1) is 0 Å². The average Bonchev–Trinajstić information content (AvgIpc) is 2.64. The minimum Gasteiger partial charge on any atom is -0.494 e. The highest BCUT2D eigenvalue weighted by molar-refractivity contribution is 6.30. The molecule has 26 heavy (non-hydrogen) atoms. The summed E-state index contributed by atoms with van der Waals surface area (Å²) in [6.45, 7) is 2.53. The SMILES string of the molecule is CCOc1ccc(NC(=O)c2ccc(Nc3cccc(Cl)c3)cn2)cc1. The molecule has 0 spiro atoms. The molecule has 5 nitrogen and oxygen atoms in total. The Balaban J connectivity index is 1.63. The number of anilines is 3. The van der Waals surface area contributed by atoms with Gasteiger partial charge in [-0.2, -0.15) is 0 Å².